The summed E-state index contributed by atoms with van der Waals surface area (Å²) < 4.78 is 8.29. The second-order valence-corrected chi connectivity index (χ2v) is 5.90. The maximum Gasteiger partial charge on any atom is 0.332 e. The zero-order valence-corrected chi connectivity index (χ0v) is 13.2. The summed E-state index contributed by atoms with van der Waals surface area (Å²) in [5.41, 5.74) is 0.541. The van der Waals surface area contributed by atoms with Crippen LogP contribution in [0.2, 0.25) is 0 Å². The third-order valence-electron chi connectivity index (χ3n) is 4.08. The highest BCUT2D eigenvalue weighted by molar-refractivity contribution is 5.88. The van der Waals surface area contributed by atoms with Gasteiger partial charge in [0.05, 0.1) is 17.9 Å². The van der Waals surface area contributed by atoms with E-state index in [0.717, 1.165) is 10.3 Å². The minimum atomic E-state index is -0.370. The first-order valence-electron chi connectivity index (χ1n) is 7.35. The van der Waals surface area contributed by atoms with Gasteiger partial charge < -0.3 is 9.64 Å². The van der Waals surface area contributed by atoms with Crippen molar-refractivity contribution in [1.82, 2.24) is 14.1 Å². The van der Waals surface area contributed by atoms with Crippen molar-refractivity contribution >= 4 is 16.7 Å². The number of rotatable bonds is 1. The van der Waals surface area contributed by atoms with E-state index in [1.807, 2.05) is 19.9 Å². The van der Waals surface area contributed by atoms with Gasteiger partial charge in [0.15, 0.2) is 5.65 Å². The molecule has 1 saturated heterocycles. The number of pyridine rings is 1. The monoisotopic (exact) mass is 304 g/mol. The molecule has 1 fully saturated rings. The number of aromatic nitrogens is 3. The number of hydrogen-bond donors (Lipinski definition) is 0. The third-order valence-corrected chi connectivity index (χ3v) is 4.08. The van der Waals surface area contributed by atoms with Gasteiger partial charge in [-0.2, -0.15) is 0 Å². The summed E-state index contributed by atoms with van der Waals surface area (Å²) in [7, 11) is 3.12. The van der Waals surface area contributed by atoms with E-state index in [1.165, 1.54) is 11.6 Å². The average Bonchev–Trinajstić information content (AvgIpc) is 2.49. The van der Waals surface area contributed by atoms with Crippen molar-refractivity contribution in [2.24, 2.45) is 14.1 Å². The zero-order valence-electron chi connectivity index (χ0n) is 13.2. The number of morpholine rings is 1. The molecule has 2 aromatic rings. The second-order valence-electron chi connectivity index (χ2n) is 5.90. The van der Waals surface area contributed by atoms with Gasteiger partial charge in [0.25, 0.3) is 5.56 Å². The number of fused-ring (bicyclic) bond motifs is 1. The van der Waals surface area contributed by atoms with E-state index in [9.17, 15) is 9.59 Å². The van der Waals surface area contributed by atoms with Crippen LogP contribution in [0.15, 0.2) is 21.9 Å². The van der Waals surface area contributed by atoms with Crippen LogP contribution in [0, 0.1) is 0 Å². The molecule has 0 aromatic carbocycles. The van der Waals surface area contributed by atoms with Gasteiger partial charge >= 0.3 is 5.69 Å². The van der Waals surface area contributed by atoms with Crippen molar-refractivity contribution in [3.63, 3.8) is 0 Å². The molecule has 0 amide bonds. The Morgan fingerprint density at radius 3 is 2.41 bits per heavy atom. The molecule has 7 heteroatoms. The van der Waals surface area contributed by atoms with Crippen molar-refractivity contribution in [3.05, 3.63) is 33.1 Å². The van der Waals surface area contributed by atoms with Crippen molar-refractivity contribution in [2.75, 3.05) is 18.0 Å². The molecule has 22 heavy (non-hydrogen) atoms. The third kappa shape index (κ3) is 2.21. The number of anilines is 1. The highest BCUT2D eigenvalue weighted by atomic mass is 16.5. The SMILES string of the molecule is C[C@@H]1CN(c2ccnc3c2c(=O)n(C)c(=O)n3C)C[C@H](C)O1. The van der Waals surface area contributed by atoms with Crippen molar-refractivity contribution in [2.45, 2.75) is 26.1 Å². The normalized spacial score (nSPS) is 22.3. The van der Waals surface area contributed by atoms with Crippen LogP contribution in [-0.2, 0) is 18.8 Å². The van der Waals surface area contributed by atoms with Gasteiger partial charge in [-0.05, 0) is 19.9 Å². The van der Waals surface area contributed by atoms with Crippen molar-refractivity contribution in [1.29, 1.82) is 0 Å². The van der Waals surface area contributed by atoms with Gasteiger partial charge in [0.2, 0.25) is 0 Å². The van der Waals surface area contributed by atoms with E-state index < -0.39 is 0 Å². The van der Waals surface area contributed by atoms with E-state index in [4.69, 9.17) is 4.74 Å². The van der Waals surface area contributed by atoms with Gasteiger partial charge in [-0.3, -0.25) is 13.9 Å². The van der Waals surface area contributed by atoms with Crippen LogP contribution >= 0.6 is 0 Å². The maximum absolute atomic E-state index is 12.6. The van der Waals surface area contributed by atoms with Crippen LogP contribution in [0.4, 0.5) is 5.69 Å². The lowest BCUT2D eigenvalue weighted by Gasteiger charge is -2.37. The summed E-state index contributed by atoms with van der Waals surface area (Å²) in [6.07, 6.45) is 1.81. The number of nitrogens with zero attached hydrogens (tertiary/aromatic N) is 4. The molecule has 118 valence electrons. The minimum absolute atomic E-state index is 0.0864. The highest BCUT2D eigenvalue weighted by Gasteiger charge is 2.25. The molecule has 0 aliphatic carbocycles. The van der Waals surface area contributed by atoms with Crippen LogP contribution in [0.25, 0.3) is 11.0 Å². The van der Waals surface area contributed by atoms with Crippen LogP contribution in [0.1, 0.15) is 13.8 Å². The topological polar surface area (TPSA) is 69.4 Å². The minimum Gasteiger partial charge on any atom is -0.372 e. The van der Waals surface area contributed by atoms with E-state index in [0.29, 0.717) is 24.1 Å². The van der Waals surface area contributed by atoms with Gasteiger partial charge in [0.1, 0.15) is 5.39 Å². The summed E-state index contributed by atoms with van der Waals surface area (Å²) in [5, 5.41) is 0.480. The molecule has 3 rings (SSSR count). The molecule has 0 bridgehead atoms. The molecule has 1 aliphatic rings. The Labute approximate surface area is 127 Å². The fraction of sp³-hybridized carbons (Fsp3) is 0.533. The summed E-state index contributed by atoms with van der Waals surface area (Å²) >= 11 is 0. The molecule has 2 aromatic heterocycles. The highest BCUT2D eigenvalue weighted by Crippen LogP contribution is 2.25. The molecular formula is C15H20N4O3. The Morgan fingerprint density at radius 2 is 1.77 bits per heavy atom. The number of hydrogen-bond acceptors (Lipinski definition) is 5. The van der Waals surface area contributed by atoms with E-state index in [-0.39, 0.29) is 23.5 Å². The van der Waals surface area contributed by atoms with E-state index in [2.05, 4.69) is 9.88 Å². The Bertz CT molecular complexity index is 829. The zero-order chi connectivity index (χ0) is 16.0. The van der Waals surface area contributed by atoms with E-state index >= 15 is 0 Å². The van der Waals surface area contributed by atoms with Crippen LogP contribution in [0.5, 0.6) is 0 Å². The molecule has 3 heterocycles. The van der Waals surface area contributed by atoms with Crippen molar-refractivity contribution < 1.29 is 4.74 Å². The van der Waals surface area contributed by atoms with Gasteiger partial charge in [0, 0.05) is 33.4 Å². The lowest BCUT2D eigenvalue weighted by Crippen LogP contribution is -2.46. The first kappa shape index (κ1) is 14.8. The lowest BCUT2D eigenvalue weighted by molar-refractivity contribution is -0.00514. The average molecular weight is 304 g/mol. The Kier molecular flexibility index (Phi) is 3.52. The van der Waals surface area contributed by atoms with Crippen molar-refractivity contribution in [3.8, 4) is 0 Å². The Hall–Kier alpha value is -2.15. The Balaban J connectivity index is 2.27. The molecular weight excluding hydrogens is 284 g/mol. The van der Waals surface area contributed by atoms with Crippen LogP contribution in [-0.4, -0.2) is 39.4 Å². The molecule has 7 nitrogen and oxygen atoms in total. The van der Waals surface area contributed by atoms with Crippen LogP contribution in [0.3, 0.4) is 0 Å². The summed E-state index contributed by atoms with van der Waals surface area (Å²) in [4.78, 5) is 31.0. The molecule has 0 spiro atoms. The standard InChI is InChI=1S/C15H20N4O3/c1-9-7-19(8-10(2)22-9)11-5-6-16-13-12(11)14(20)18(4)15(21)17(13)3/h5-6,9-10H,7-8H2,1-4H3/t9-,10+. The number of ether oxygens (including phenoxy) is 1. The quantitative estimate of drug-likeness (QED) is 0.755. The number of aryl methyl sites for hydroxylation is 1. The molecule has 0 unspecified atom stereocenters. The van der Waals surface area contributed by atoms with E-state index in [1.54, 1.807) is 13.2 Å². The van der Waals surface area contributed by atoms with Gasteiger partial charge in [-0.25, -0.2) is 9.78 Å². The fourth-order valence-electron chi connectivity index (χ4n) is 3.11. The summed E-state index contributed by atoms with van der Waals surface area (Å²) in [6, 6.07) is 1.83. The molecule has 0 radical (unpaired) electrons. The maximum atomic E-state index is 12.6. The summed E-state index contributed by atoms with van der Waals surface area (Å²) in [5.74, 6) is 0. The predicted molar refractivity (Wildman–Crippen MR) is 84.4 cm³/mol. The molecule has 2 atom stereocenters. The molecule has 0 saturated carbocycles. The Morgan fingerprint density at radius 1 is 1.14 bits per heavy atom. The van der Waals surface area contributed by atoms with Gasteiger partial charge in [-0.15, -0.1) is 0 Å². The summed E-state index contributed by atoms with van der Waals surface area (Å²) in [6.45, 7) is 5.44. The molecule has 0 N–H and O–H groups in total. The first-order valence-corrected chi connectivity index (χ1v) is 7.35. The smallest absolute Gasteiger partial charge is 0.332 e. The first-order chi connectivity index (χ1) is 10.4. The largest absolute Gasteiger partial charge is 0.372 e. The fourth-order valence-corrected chi connectivity index (χ4v) is 3.11. The molecule has 1 aliphatic heterocycles. The second kappa shape index (κ2) is 5.24. The predicted octanol–water partition coefficient (Wildman–Crippen LogP) is 0.246. The van der Waals surface area contributed by atoms with Gasteiger partial charge in [-0.1, -0.05) is 0 Å². The lowest BCUT2D eigenvalue weighted by atomic mass is 10.1. The van der Waals surface area contributed by atoms with Crippen LogP contribution < -0.4 is 16.1 Å².